The Morgan fingerprint density at radius 2 is 2.00 bits per heavy atom. The molecule has 0 aliphatic heterocycles. The molecule has 0 aliphatic carbocycles. The highest BCUT2D eigenvalue weighted by molar-refractivity contribution is 5.73. The standard InChI is InChI=1S/C13H17N3O2/c1-13(18,9-17)8-14-6-10-7-15-11-4-2-3-5-12(11)16-10/h2-5,7,14,17-18H,6,8-9H2,1H3. The van der Waals surface area contributed by atoms with Crippen LogP contribution in [-0.4, -0.2) is 38.9 Å². The van der Waals surface area contributed by atoms with Crippen LogP contribution in [-0.2, 0) is 6.54 Å². The molecule has 1 aromatic carbocycles. The maximum absolute atomic E-state index is 9.62. The van der Waals surface area contributed by atoms with Gasteiger partial charge in [0.2, 0.25) is 0 Å². The van der Waals surface area contributed by atoms with Crippen LogP contribution >= 0.6 is 0 Å². The molecule has 96 valence electrons. The maximum atomic E-state index is 9.62. The van der Waals surface area contributed by atoms with E-state index in [1.807, 2.05) is 24.3 Å². The smallest absolute Gasteiger partial charge is 0.0972 e. The van der Waals surface area contributed by atoms with Crippen molar-refractivity contribution in [2.75, 3.05) is 13.2 Å². The average Bonchev–Trinajstić information content (AvgIpc) is 2.38. The number of aromatic nitrogens is 2. The zero-order valence-corrected chi connectivity index (χ0v) is 10.3. The molecule has 18 heavy (non-hydrogen) atoms. The van der Waals surface area contributed by atoms with Gasteiger partial charge in [0.05, 0.1) is 35.1 Å². The minimum Gasteiger partial charge on any atom is -0.393 e. The SMILES string of the molecule is CC(O)(CO)CNCc1cnc2ccccc2n1. The molecule has 0 spiro atoms. The summed E-state index contributed by atoms with van der Waals surface area (Å²) in [7, 11) is 0. The normalized spacial score (nSPS) is 14.6. The van der Waals surface area contributed by atoms with Gasteiger partial charge in [0, 0.05) is 13.1 Å². The molecule has 5 nitrogen and oxygen atoms in total. The van der Waals surface area contributed by atoms with Gasteiger partial charge in [-0.1, -0.05) is 12.1 Å². The first-order valence-corrected chi connectivity index (χ1v) is 5.85. The fraction of sp³-hybridized carbons (Fsp3) is 0.385. The molecule has 1 atom stereocenters. The largest absolute Gasteiger partial charge is 0.393 e. The van der Waals surface area contributed by atoms with Crippen molar-refractivity contribution in [3.05, 3.63) is 36.2 Å². The second-order valence-corrected chi connectivity index (χ2v) is 4.61. The fourth-order valence-corrected chi connectivity index (χ4v) is 1.60. The van der Waals surface area contributed by atoms with E-state index in [1.165, 1.54) is 0 Å². The van der Waals surface area contributed by atoms with Crippen molar-refractivity contribution in [1.82, 2.24) is 15.3 Å². The molecule has 0 amide bonds. The quantitative estimate of drug-likeness (QED) is 0.715. The molecule has 1 unspecified atom stereocenters. The fourth-order valence-electron chi connectivity index (χ4n) is 1.60. The van der Waals surface area contributed by atoms with Gasteiger partial charge in [-0.05, 0) is 19.1 Å². The number of fused-ring (bicyclic) bond motifs is 1. The van der Waals surface area contributed by atoms with Crippen molar-refractivity contribution in [3.8, 4) is 0 Å². The van der Waals surface area contributed by atoms with Gasteiger partial charge in [0.25, 0.3) is 0 Å². The van der Waals surface area contributed by atoms with E-state index < -0.39 is 5.60 Å². The number of nitrogens with one attached hydrogen (secondary N) is 1. The van der Waals surface area contributed by atoms with E-state index in [9.17, 15) is 5.11 Å². The highest BCUT2D eigenvalue weighted by Crippen LogP contribution is 2.08. The van der Waals surface area contributed by atoms with Crippen LogP contribution < -0.4 is 5.32 Å². The third-order valence-corrected chi connectivity index (χ3v) is 2.65. The van der Waals surface area contributed by atoms with Crippen molar-refractivity contribution >= 4 is 11.0 Å². The summed E-state index contributed by atoms with van der Waals surface area (Å²) in [6.07, 6.45) is 1.71. The Morgan fingerprint density at radius 1 is 1.28 bits per heavy atom. The Morgan fingerprint density at radius 3 is 2.72 bits per heavy atom. The lowest BCUT2D eigenvalue weighted by Crippen LogP contribution is -2.40. The number of benzene rings is 1. The van der Waals surface area contributed by atoms with E-state index in [2.05, 4.69) is 15.3 Å². The van der Waals surface area contributed by atoms with Gasteiger partial charge < -0.3 is 15.5 Å². The predicted molar refractivity (Wildman–Crippen MR) is 69.0 cm³/mol. The number of hydrogen-bond acceptors (Lipinski definition) is 5. The summed E-state index contributed by atoms with van der Waals surface area (Å²) in [5.41, 5.74) is 1.42. The Balaban J connectivity index is 2.00. The van der Waals surface area contributed by atoms with Gasteiger partial charge in [-0.15, -0.1) is 0 Å². The van der Waals surface area contributed by atoms with Crippen LogP contribution in [0.3, 0.4) is 0 Å². The number of aliphatic hydroxyl groups is 2. The molecule has 0 saturated heterocycles. The van der Waals surface area contributed by atoms with Gasteiger partial charge in [-0.25, -0.2) is 4.98 Å². The summed E-state index contributed by atoms with van der Waals surface area (Å²) in [6, 6.07) is 7.67. The van der Waals surface area contributed by atoms with Gasteiger partial charge >= 0.3 is 0 Å². The molecular formula is C13H17N3O2. The van der Waals surface area contributed by atoms with Crippen LogP contribution in [0.25, 0.3) is 11.0 Å². The zero-order valence-electron chi connectivity index (χ0n) is 10.3. The molecule has 0 saturated carbocycles. The van der Waals surface area contributed by atoms with Gasteiger partial charge in [-0.3, -0.25) is 4.98 Å². The van der Waals surface area contributed by atoms with E-state index in [1.54, 1.807) is 13.1 Å². The summed E-state index contributed by atoms with van der Waals surface area (Å²) in [4.78, 5) is 8.75. The first-order valence-electron chi connectivity index (χ1n) is 5.85. The Labute approximate surface area is 106 Å². The number of para-hydroxylation sites is 2. The molecule has 0 bridgehead atoms. The molecule has 0 aliphatic rings. The Hall–Kier alpha value is -1.56. The molecule has 0 fully saturated rings. The Kier molecular flexibility index (Phi) is 3.86. The number of rotatable bonds is 5. The third-order valence-electron chi connectivity index (χ3n) is 2.65. The van der Waals surface area contributed by atoms with Crippen molar-refractivity contribution in [2.45, 2.75) is 19.1 Å². The van der Waals surface area contributed by atoms with Crippen molar-refractivity contribution in [2.24, 2.45) is 0 Å². The van der Waals surface area contributed by atoms with Crippen LogP contribution in [0.1, 0.15) is 12.6 Å². The lowest BCUT2D eigenvalue weighted by Gasteiger charge is -2.20. The van der Waals surface area contributed by atoms with Crippen LogP contribution in [0.2, 0.25) is 0 Å². The second-order valence-electron chi connectivity index (χ2n) is 4.61. The summed E-state index contributed by atoms with van der Waals surface area (Å²) < 4.78 is 0. The summed E-state index contributed by atoms with van der Waals surface area (Å²) in [6.45, 7) is 2.11. The van der Waals surface area contributed by atoms with E-state index in [0.29, 0.717) is 13.1 Å². The highest BCUT2D eigenvalue weighted by atomic mass is 16.3. The first-order chi connectivity index (χ1) is 8.61. The third kappa shape index (κ3) is 3.22. The molecule has 0 radical (unpaired) electrons. The Bertz CT molecular complexity index is 528. The number of hydrogen-bond donors (Lipinski definition) is 3. The van der Waals surface area contributed by atoms with E-state index in [4.69, 9.17) is 5.11 Å². The second kappa shape index (κ2) is 5.39. The van der Waals surface area contributed by atoms with Crippen LogP contribution in [0.4, 0.5) is 0 Å². The van der Waals surface area contributed by atoms with Gasteiger partial charge in [0.1, 0.15) is 0 Å². The molecule has 1 heterocycles. The van der Waals surface area contributed by atoms with Gasteiger partial charge in [0.15, 0.2) is 0 Å². The molecular weight excluding hydrogens is 230 g/mol. The average molecular weight is 247 g/mol. The summed E-state index contributed by atoms with van der Waals surface area (Å²) >= 11 is 0. The topological polar surface area (TPSA) is 78.3 Å². The van der Waals surface area contributed by atoms with E-state index in [0.717, 1.165) is 16.7 Å². The molecule has 1 aromatic heterocycles. The molecule has 3 N–H and O–H groups in total. The zero-order chi connectivity index (χ0) is 13.0. The number of aliphatic hydroxyl groups excluding tert-OH is 1. The minimum atomic E-state index is -1.11. The molecule has 2 rings (SSSR count). The summed E-state index contributed by atoms with van der Waals surface area (Å²) in [5, 5.41) is 21.6. The number of nitrogens with zero attached hydrogens (tertiary/aromatic N) is 2. The summed E-state index contributed by atoms with van der Waals surface area (Å²) in [5.74, 6) is 0. The minimum absolute atomic E-state index is 0.274. The van der Waals surface area contributed by atoms with Crippen LogP contribution in [0.15, 0.2) is 30.5 Å². The lowest BCUT2D eigenvalue weighted by molar-refractivity contribution is 0.00248. The van der Waals surface area contributed by atoms with Crippen molar-refractivity contribution in [3.63, 3.8) is 0 Å². The lowest BCUT2D eigenvalue weighted by atomic mass is 10.1. The van der Waals surface area contributed by atoms with Crippen molar-refractivity contribution in [1.29, 1.82) is 0 Å². The van der Waals surface area contributed by atoms with E-state index >= 15 is 0 Å². The molecule has 5 heteroatoms. The highest BCUT2D eigenvalue weighted by Gasteiger charge is 2.17. The van der Waals surface area contributed by atoms with E-state index in [-0.39, 0.29) is 6.61 Å². The van der Waals surface area contributed by atoms with Crippen molar-refractivity contribution < 1.29 is 10.2 Å². The van der Waals surface area contributed by atoms with Crippen LogP contribution in [0.5, 0.6) is 0 Å². The van der Waals surface area contributed by atoms with Gasteiger partial charge in [-0.2, -0.15) is 0 Å². The molecule has 2 aromatic rings. The first kappa shape index (κ1) is 12.9. The predicted octanol–water partition coefficient (Wildman–Crippen LogP) is 0.463. The maximum Gasteiger partial charge on any atom is 0.0972 e. The van der Waals surface area contributed by atoms with Crippen LogP contribution in [0, 0.1) is 0 Å². The monoisotopic (exact) mass is 247 g/mol.